The van der Waals surface area contributed by atoms with Crippen LogP contribution in [-0.4, -0.2) is 69.0 Å². The fraction of sp³-hybridized carbons (Fsp3) is 0.556. The van der Waals surface area contributed by atoms with Gasteiger partial charge in [0.05, 0.1) is 4.90 Å². The summed E-state index contributed by atoms with van der Waals surface area (Å²) in [5.41, 5.74) is 6.37. The van der Waals surface area contributed by atoms with E-state index < -0.39 is 21.5 Å². The molecule has 0 spiro atoms. The van der Waals surface area contributed by atoms with Crippen LogP contribution in [-0.2, 0) is 14.6 Å². The highest BCUT2D eigenvalue weighted by molar-refractivity contribution is 7.92. The predicted octanol–water partition coefficient (Wildman–Crippen LogP) is 0.748. The number of piperidine rings is 1. The minimum absolute atomic E-state index is 0.0326. The molecule has 0 radical (unpaired) electrons. The fourth-order valence-corrected chi connectivity index (χ4v) is 4.21. The van der Waals surface area contributed by atoms with Crippen molar-refractivity contribution < 1.29 is 18.0 Å². The molecular formula is C18H27N3O4S. The Kier molecular flexibility index (Phi) is 5.77. The molecule has 1 heterocycles. The Morgan fingerprint density at radius 3 is 2.31 bits per heavy atom. The lowest BCUT2D eigenvalue weighted by molar-refractivity contribution is -0.125. The highest BCUT2D eigenvalue weighted by Gasteiger charge is 2.35. The smallest absolute Gasteiger partial charge is 0.253 e. The molecule has 1 aromatic carbocycles. The van der Waals surface area contributed by atoms with E-state index in [-0.39, 0.29) is 22.3 Å². The first kappa shape index (κ1) is 20.4. The van der Waals surface area contributed by atoms with E-state index in [4.69, 9.17) is 5.73 Å². The summed E-state index contributed by atoms with van der Waals surface area (Å²) in [5, 5.41) is 0. The Balaban J connectivity index is 2.14. The van der Waals surface area contributed by atoms with Crippen molar-refractivity contribution in [3.8, 4) is 0 Å². The molecule has 2 rings (SSSR count). The zero-order chi connectivity index (χ0) is 19.7. The van der Waals surface area contributed by atoms with Gasteiger partial charge in [-0.05, 0) is 36.1 Å². The van der Waals surface area contributed by atoms with Crippen molar-refractivity contribution in [1.82, 2.24) is 9.80 Å². The van der Waals surface area contributed by atoms with Gasteiger partial charge in [-0.1, -0.05) is 13.8 Å². The van der Waals surface area contributed by atoms with Crippen LogP contribution in [0.5, 0.6) is 0 Å². The van der Waals surface area contributed by atoms with E-state index in [1.54, 1.807) is 4.90 Å². The molecule has 2 amide bonds. The van der Waals surface area contributed by atoms with Crippen LogP contribution in [0, 0.1) is 5.41 Å². The molecule has 7 nitrogen and oxygen atoms in total. The van der Waals surface area contributed by atoms with Crippen LogP contribution in [0.25, 0.3) is 0 Å². The maximum atomic E-state index is 12.7. The van der Waals surface area contributed by atoms with Crippen LogP contribution < -0.4 is 5.73 Å². The lowest BCUT2D eigenvalue weighted by atomic mass is 9.79. The summed E-state index contributed by atoms with van der Waals surface area (Å²) in [4.78, 5) is 27.4. The summed E-state index contributed by atoms with van der Waals surface area (Å²) in [5.74, 6) is -1.22. The van der Waals surface area contributed by atoms with Crippen LogP contribution in [0.1, 0.15) is 30.6 Å². The van der Waals surface area contributed by atoms with Gasteiger partial charge in [-0.3, -0.25) is 9.59 Å². The number of hydrogen-bond acceptors (Lipinski definition) is 5. The number of benzene rings is 1. The molecule has 0 aliphatic carbocycles. The maximum Gasteiger partial charge on any atom is 0.253 e. The predicted molar refractivity (Wildman–Crippen MR) is 99.5 cm³/mol. The summed E-state index contributed by atoms with van der Waals surface area (Å²) in [6.45, 7) is 5.22. The van der Waals surface area contributed by atoms with Gasteiger partial charge in [0.1, 0.15) is 5.75 Å². The van der Waals surface area contributed by atoms with Crippen molar-refractivity contribution in [2.45, 2.75) is 31.2 Å². The summed E-state index contributed by atoms with van der Waals surface area (Å²) < 4.78 is 24.6. The SMILES string of the molecule is CN(C)C(=O)CS(=O)(=O)c1ccc(C(=O)N2CCC(N)C(C)(C)C2)cc1. The van der Waals surface area contributed by atoms with E-state index in [1.165, 1.54) is 43.3 Å². The van der Waals surface area contributed by atoms with E-state index in [1.807, 2.05) is 13.8 Å². The number of rotatable bonds is 4. The quantitative estimate of drug-likeness (QED) is 0.829. The number of nitrogens with two attached hydrogens (primary N) is 1. The molecule has 0 bridgehead atoms. The number of likely N-dealkylation sites (tertiary alicyclic amines) is 1. The molecule has 144 valence electrons. The first-order valence-corrected chi connectivity index (χ1v) is 10.2. The number of nitrogens with zero attached hydrogens (tertiary/aromatic N) is 2. The maximum absolute atomic E-state index is 12.7. The van der Waals surface area contributed by atoms with Gasteiger partial charge in [-0.25, -0.2) is 8.42 Å². The second-order valence-corrected chi connectivity index (χ2v) is 9.67. The van der Waals surface area contributed by atoms with Crippen molar-refractivity contribution in [3.05, 3.63) is 29.8 Å². The summed E-state index contributed by atoms with van der Waals surface area (Å²) >= 11 is 0. The number of hydrogen-bond donors (Lipinski definition) is 1. The van der Waals surface area contributed by atoms with E-state index in [2.05, 4.69) is 0 Å². The molecule has 26 heavy (non-hydrogen) atoms. The zero-order valence-corrected chi connectivity index (χ0v) is 16.5. The topological polar surface area (TPSA) is 101 Å². The average molecular weight is 381 g/mol. The first-order valence-electron chi connectivity index (χ1n) is 8.52. The molecule has 1 aromatic rings. The second-order valence-electron chi connectivity index (χ2n) is 7.68. The third-order valence-corrected chi connectivity index (χ3v) is 6.49. The summed E-state index contributed by atoms with van der Waals surface area (Å²) in [7, 11) is -0.719. The second kappa shape index (κ2) is 7.36. The first-order chi connectivity index (χ1) is 11.9. The molecule has 2 N–H and O–H groups in total. The molecule has 1 saturated heterocycles. The van der Waals surface area contributed by atoms with E-state index in [9.17, 15) is 18.0 Å². The van der Waals surface area contributed by atoms with Gasteiger partial charge in [-0.15, -0.1) is 0 Å². The van der Waals surface area contributed by atoms with Crippen molar-refractivity contribution in [1.29, 1.82) is 0 Å². The number of amides is 2. The minimum Gasteiger partial charge on any atom is -0.348 e. The largest absolute Gasteiger partial charge is 0.348 e. The van der Waals surface area contributed by atoms with Gasteiger partial charge >= 0.3 is 0 Å². The zero-order valence-electron chi connectivity index (χ0n) is 15.7. The molecule has 1 unspecified atom stereocenters. The number of carbonyl (C=O) groups excluding carboxylic acids is 2. The monoisotopic (exact) mass is 381 g/mol. The van der Waals surface area contributed by atoms with Gasteiger partial charge in [0.2, 0.25) is 5.91 Å². The Morgan fingerprint density at radius 2 is 1.81 bits per heavy atom. The van der Waals surface area contributed by atoms with E-state index >= 15 is 0 Å². The van der Waals surface area contributed by atoms with Gasteiger partial charge in [0, 0.05) is 38.8 Å². The highest BCUT2D eigenvalue weighted by Crippen LogP contribution is 2.28. The Morgan fingerprint density at radius 1 is 1.23 bits per heavy atom. The van der Waals surface area contributed by atoms with Crippen LogP contribution in [0.15, 0.2) is 29.2 Å². The average Bonchev–Trinajstić information content (AvgIpc) is 2.56. The van der Waals surface area contributed by atoms with Gasteiger partial charge in [-0.2, -0.15) is 0 Å². The van der Waals surface area contributed by atoms with Crippen molar-refractivity contribution in [2.24, 2.45) is 11.1 Å². The van der Waals surface area contributed by atoms with Gasteiger partial charge < -0.3 is 15.5 Å². The normalized spacial score (nSPS) is 19.9. The van der Waals surface area contributed by atoms with Crippen molar-refractivity contribution in [3.63, 3.8) is 0 Å². The number of sulfone groups is 1. The van der Waals surface area contributed by atoms with Crippen molar-refractivity contribution in [2.75, 3.05) is 32.9 Å². The van der Waals surface area contributed by atoms with Crippen LogP contribution in [0.3, 0.4) is 0 Å². The van der Waals surface area contributed by atoms with Gasteiger partial charge in [0.15, 0.2) is 9.84 Å². The van der Waals surface area contributed by atoms with E-state index in [0.29, 0.717) is 18.7 Å². The Bertz CT molecular complexity index is 785. The lowest BCUT2D eigenvalue weighted by Gasteiger charge is -2.42. The molecule has 0 aromatic heterocycles. The molecule has 1 aliphatic heterocycles. The molecule has 0 saturated carbocycles. The molecule has 8 heteroatoms. The summed E-state index contributed by atoms with van der Waals surface area (Å²) in [6, 6.07) is 5.81. The van der Waals surface area contributed by atoms with Crippen molar-refractivity contribution >= 4 is 21.7 Å². The minimum atomic E-state index is -3.73. The van der Waals surface area contributed by atoms with Crippen LogP contribution in [0.2, 0.25) is 0 Å². The lowest BCUT2D eigenvalue weighted by Crippen LogP contribution is -2.54. The summed E-state index contributed by atoms with van der Waals surface area (Å²) in [6.07, 6.45) is 0.734. The van der Waals surface area contributed by atoms with E-state index in [0.717, 1.165) is 6.42 Å². The third-order valence-electron chi connectivity index (χ3n) is 4.87. The number of carbonyl (C=O) groups is 2. The molecule has 1 aliphatic rings. The molecule has 1 fully saturated rings. The molecular weight excluding hydrogens is 354 g/mol. The van der Waals surface area contributed by atoms with Gasteiger partial charge in [0.25, 0.3) is 5.91 Å². The molecule has 1 atom stereocenters. The fourth-order valence-electron chi connectivity index (χ4n) is 2.91. The standard InChI is InChI=1S/C18H27N3O4S/c1-18(2)12-21(10-9-15(18)19)17(23)13-5-7-14(8-6-13)26(24,25)11-16(22)20(3)4/h5-8,15H,9-12,19H2,1-4H3. The Hall–Kier alpha value is -1.93. The third kappa shape index (κ3) is 4.42. The van der Waals surface area contributed by atoms with Crippen LogP contribution >= 0.6 is 0 Å². The van der Waals surface area contributed by atoms with Crippen LogP contribution in [0.4, 0.5) is 0 Å². The Labute approximate surface area is 155 Å². The highest BCUT2D eigenvalue weighted by atomic mass is 32.2.